The van der Waals surface area contributed by atoms with Gasteiger partial charge in [0.1, 0.15) is 12.6 Å². The molecule has 8 nitrogen and oxygen atoms in total. The van der Waals surface area contributed by atoms with Crippen LogP contribution < -0.4 is 9.62 Å². The van der Waals surface area contributed by atoms with Gasteiger partial charge in [0, 0.05) is 26.7 Å². The van der Waals surface area contributed by atoms with Crippen LogP contribution in [0.1, 0.15) is 31.9 Å². The molecule has 9 heteroatoms. The van der Waals surface area contributed by atoms with E-state index in [-0.39, 0.29) is 18.5 Å². The normalized spacial score (nSPS) is 12.5. The van der Waals surface area contributed by atoms with Gasteiger partial charge in [0.15, 0.2) is 0 Å². The number of carbonyl (C=O) groups is 2. The maximum absolute atomic E-state index is 13.6. The number of nitrogens with zero attached hydrogens (tertiary/aromatic N) is 3. The molecule has 0 heterocycles. The average Bonchev–Trinajstić information content (AvgIpc) is 2.76. The Kier molecular flexibility index (Phi) is 9.01. The number of amides is 2. The molecule has 0 bridgehead atoms. The Morgan fingerprint density at radius 1 is 0.939 bits per heavy atom. The van der Waals surface area contributed by atoms with Gasteiger partial charge in [-0.25, -0.2) is 4.31 Å². The lowest BCUT2D eigenvalue weighted by Gasteiger charge is -2.33. The number of aryl methyl sites for hydroxylation is 1. The van der Waals surface area contributed by atoms with Crippen molar-refractivity contribution in [2.75, 3.05) is 24.9 Å². The Balaban J connectivity index is 2.44. The molecule has 180 valence electrons. The topological polar surface area (TPSA) is 90.0 Å². The Bertz CT molecular complexity index is 1060. The van der Waals surface area contributed by atoms with Gasteiger partial charge in [-0.1, -0.05) is 42.5 Å². The first-order valence-corrected chi connectivity index (χ1v) is 12.2. The largest absolute Gasteiger partial charge is 0.352 e. The van der Waals surface area contributed by atoms with Crippen molar-refractivity contribution in [1.82, 2.24) is 14.5 Å². The highest BCUT2D eigenvalue weighted by molar-refractivity contribution is 7.90. The van der Waals surface area contributed by atoms with Gasteiger partial charge in [0.25, 0.3) is 0 Å². The molecule has 2 amide bonds. The van der Waals surface area contributed by atoms with Crippen LogP contribution in [-0.2, 0) is 26.3 Å². The Hall–Kier alpha value is -2.91. The van der Waals surface area contributed by atoms with E-state index in [2.05, 4.69) is 5.32 Å². The fourth-order valence-corrected chi connectivity index (χ4v) is 4.33. The summed E-state index contributed by atoms with van der Waals surface area (Å²) < 4.78 is 28.2. The Labute approximate surface area is 197 Å². The number of rotatable bonds is 10. The maximum atomic E-state index is 13.6. The van der Waals surface area contributed by atoms with Gasteiger partial charge in [0.2, 0.25) is 11.8 Å². The summed E-state index contributed by atoms with van der Waals surface area (Å²) in [6, 6.07) is 15.2. The van der Waals surface area contributed by atoms with Crippen LogP contribution >= 0.6 is 0 Å². The monoisotopic (exact) mass is 474 g/mol. The summed E-state index contributed by atoms with van der Waals surface area (Å²) in [6.07, 6.45) is 0. The first kappa shape index (κ1) is 26.3. The second kappa shape index (κ2) is 11.3. The molecule has 0 saturated carbocycles. The summed E-state index contributed by atoms with van der Waals surface area (Å²) in [6.45, 7) is 7.03. The third-order valence-electron chi connectivity index (χ3n) is 5.26. The first-order valence-electron chi connectivity index (χ1n) is 10.8. The summed E-state index contributed by atoms with van der Waals surface area (Å²) >= 11 is 0. The highest BCUT2D eigenvalue weighted by Gasteiger charge is 2.32. The van der Waals surface area contributed by atoms with Gasteiger partial charge in [0.05, 0.1) is 5.69 Å². The minimum Gasteiger partial charge on any atom is -0.352 e. The minimum absolute atomic E-state index is 0.0923. The predicted octanol–water partition coefficient (Wildman–Crippen LogP) is 2.55. The van der Waals surface area contributed by atoms with E-state index in [1.165, 1.54) is 19.0 Å². The number of hydrogen-bond donors (Lipinski definition) is 1. The molecule has 0 radical (unpaired) electrons. The number of anilines is 1. The predicted molar refractivity (Wildman–Crippen MR) is 131 cm³/mol. The van der Waals surface area contributed by atoms with Gasteiger partial charge in [-0.15, -0.1) is 0 Å². The molecular weight excluding hydrogens is 440 g/mol. The number of hydrogen-bond acceptors (Lipinski definition) is 4. The average molecular weight is 475 g/mol. The second-order valence-electron chi connectivity index (χ2n) is 8.42. The number of para-hydroxylation sites is 1. The van der Waals surface area contributed by atoms with Crippen LogP contribution in [0.15, 0.2) is 54.6 Å². The minimum atomic E-state index is -3.95. The van der Waals surface area contributed by atoms with Gasteiger partial charge in [-0.2, -0.15) is 12.7 Å². The SMILES string of the molecule is Cc1ccccc1CN(C(=O)CN(c1ccccc1)S(=O)(=O)N(C)C)C(C)C(=O)NC(C)C. The van der Waals surface area contributed by atoms with Crippen molar-refractivity contribution in [2.45, 2.75) is 46.3 Å². The zero-order valence-corrected chi connectivity index (χ0v) is 21.0. The second-order valence-corrected chi connectivity index (χ2v) is 10.5. The molecule has 2 rings (SSSR count). The van der Waals surface area contributed by atoms with E-state index in [9.17, 15) is 18.0 Å². The van der Waals surface area contributed by atoms with Crippen LogP contribution in [0.5, 0.6) is 0 Å². The molecule has 0 saturated heterocycles. The van der Waals surface area contributed by atoms with Crippen LogP contribution in [0.2, 0.25) is 0 Å². The van der Waals surface area contributed by atoms with Gasteiger partial charge in [-0.05, 0) is 51.0 Å². The molecule has 1 N–H and O–H groups in total. The lowest BCUT2D eigenvalue weighted by atomic mass is 10.1. The van der Waals surface area contributed by atoms with Crippen molar-refractivity contribution in [3.63, 3.8) is 0 Å². The van der Waals surface area contributed by atoms with Crippen LogP contribution in [0.3, 0.4) is 0 Å². The molecule has 2 aromatic rings. The van der Waals surface area contributed by atoms with E-state index in [1.54, 1.807) is 37.3 Å². The molecular formula is C24H34N4O4S. The fraction of sp³-hybridized carbons (Fsp3) is 0.417. The van der Waals surface area contributed by atoms with Crippen LogP contribution in [0.25, 0.3) is 0 Å². The summed E-state index contributed by atoms with van der Waals surface area (Å²) in [5.41, 5.74) is 2.24. The number of benzene rings is 2. The van der Waals surface area contributed by atoms with Crippen molar-refractivity contribution in [2.24, 2.45) is 0 Å². The molecule has 0 aliphatic rings. The summed E-state index contributed by atoms with van der Waals surface area (Å²) in [4.78, 5) is 27.8. The highest BCUT2D eigenvalue weighted by atomic mass is 32.2. The molecule has 33 heavy (non-hydrogen) atoms. The zero-order valence-electron chi connectivity index (χ0n) is 20.1. The molecule has 0 spiro atoms. The van der Waals surface area contributed by atoms with E-state index < -0.39 is 28.7 Å². The highest BCUT2D eigenvalue weighted by Crippen LogP contribution is 2.21. The van der Waals surface area contributed by atoms with E-state index in [0.29, 0.717) is 5.69 Å². The fourth-order valence-electron chi connectivity index (χ4n) is 3.27. The van der Waals surface area contributed by atoms with Gasteiger partial charge < -0.3 is 10.2 Å². The Morgan fingerprint density at radius 2 is 1.52 bits per heavy atom. The third-order valence-corrected chi connectivity index (χ3v) is 7.08. The van der Waals surface area contributed by atoms with Crippen LogP contribution in [-0.4, -0.2) is 62.2 Å². The van der Waals surface area contributed by atoms with Crippen molar-refractivity contribution in [3.8, 4) is 0 Å². The molecule has 2 aromatic carbocycles. The van der Waals surface area contributed by atoms with Crippen LogP contribution in [0.4, 0.5) is 5.69 Å². The third kappa shape index (κ3) is 6.79. The van der Waals surface area contributed by atoms with Crippen molar-refractivity contribution in [3.05, 3.63) is 65.7 Å². The number of carbonyl (C=O) groups excluding carboxylic acids is 2. The van der Waals surface area contributed by atoms with E-state index in [0.717, 1.165) is 19.7 Å². The molecule has 1 atom stereocenters. The van der Waals surface area contributed by atoms with E-state index in [1.807, 2.05) is 45.0 Å². The van der Waals surface area contributed by atoms with Gasteiger partial charge in [-0.3, -0.25) is 9.59 Å². The van der Waals surface area contributed by atoms with Crippen molar-refractivity contribution >= 4 is 27.7 Å². The van der Waals surface area contributed by atoms with Crippen molar-refractivity contribution < 1.29 is 18.0 Å². The zero-order chi connectivity index (χ0) is 24.8. The summed E-state index contributed by atoms with van der Waals surface area (Å²) in [5.74, 6) is -0.771. The lowest BCUT2D eigenvalue weighted by molar-refractivity contribution is -0.139. The molecule has 1 unspecified atom stereocenters. The van der Waals surface area contributed by atoms with Gasteiger partial charge >= 0.3 is 10.2 Å². The molecule has 0 aromatic heterocycles. The maximum Gasteiger partial charge on any atom is 0.304 e. The van der Waals surface area contributed by atoms with E-state index in [4.69, 9.17) is 0 Å². The lowest BCUT2D eigenvalue weighted by Crippen LogP contribution is -2.53. The van der Waals surface area contributed by atoms with E-state index >= 15 is 0 Å². The Morgan fingerprint density at radius 3 is 2.06 bits per heavy atom. The van der Waals surface area contributed by atoms with Crippen LogP contribution in [0, 0.1) is 6.92 Å². The molecule has 0 fully saturated rings. The quantitative estimate of drug-likeness (QED) is 0.573. The number of nitrogens with one attached hydrogen (secondary N) is 1. The molecule has 0 aliphatic heterocycles. The summed E-state index contributed by atoms with van der Waals surface area (Å²) in [7, 11) is -1.12. The smallest absolute Gasteiger partial charge is 0.304 e. The first-order chi connectivity index (χ1) is 15.4. The van der Waals surface area contributed by atoms with Crippen molar-refractivity contribution in [1.29, 1.82) is 0 Å². The standard InChI is InChI=1S/C24H34N4O4S/c1-18(2)25-24(30)20(4)27(16-21-13-11-10-12-19(21)3)23(29)17-28(33(31,32)26(5)6)22-14-8-7-9-15-22/h7-15,18,20H,16-17H2,1-6H3,(H,25,30). The summed E-state index contributed by atoms with van der Waals surface area (Å²) in [5, 5.41) is 2.84. The molecule has 0 aliphatic carbocycles.